The van der Waals surface area contributed by atoms with Crippen LogP contribution in [-0.4, -0.2) is 41.9 Å². The zero-order chi connectivity index (χ0) is 16.7. The minimum Gasteiger partial charge on any atom is -0.481 e. The summed E-state index contributed by atoms with van der Waals surface area (Å²) >= 11 is 0. The average Bonchev–Trinajstić information content (AvgIpc) is 2.46. The zero-order valence-corrected chi connectivity index (χ0v) is 13.8. The van der Waals surface area contributed by atoms with Gasteiger partial charge in [-0.05, 0) is 24.5 Å². The molecule has 2 heterocycles. The standard InChI is InChI=1S/C15H23N3O4S/c19-15(20)11-14(13-7-6-8-16-12-13)17-23(21,22)18-9-4-2-1-3-5-10-18/h6-8,12,14,17H,1-5,9-11H2,(H,19,20)/t14-/m1/s1. The van der Waals surface area contributed by atoms with E-state index in [0.717, 1.165) is 32.1 Å². The number of hydrogen-bond donors (Lipinski definition) is 2. The molecule has 0 aromatic carbocycles. The molecule has 1 aromatic rings. The van der Waals surface area contributed by atoms with E-state index in [4.69, 9.17) is 5.11 Å². The zero-order valence-electron chi connectivity index (χ0n) is 13.0. The van der Waals surface area contributed by atoms with Crippen molar-refractivity contribution in [1.82, 2.24) is 14.0 Å². The molecule has 1 aromatic heterocycles. The van der Waals surface area contributed by atoms with E-state index < -0.39 is 22.2 Å². The molecule has 1 fully saturated rings. The number of hydrogen-bond acceptors (Lipinski definition) is 4. The molecule has 0 saturated carbocycles. The van der Waals surface area contributed by atoms with Crippen LogP contribution < -0.4 is 4.72 Å². The van der Waals surface area contributed by atoms with Crippen LogP contribution in [0.5, 0.6) is 0 Å². The normalized spacial score (nSPS) is 18.8. The molecule has 0 bridgehead atoms. The highest BCUT2D eigenvalue weighted by atomic mass is 32.2. The summed E-state index contributed by atoms with van der Waals surface area (Å²) in [5.74, 6) is -1.06. The van der Waals surface area contributed by atoms with Gasteiger partial charge in [-0.3, -0.25) is 9.78 Å². The second-order valence-electron chi connectivity index (χ2n) is 5.73. The summed E-state index contributed by atoms with van der Waals surface area (Å²) in [4.78, 5) is 15.0. The largest absolute Gasteiger partial charge is 0.481 e. The van der Waals surface area contributed by atoms with Gasteiger partial charge in [0.25, 0.3) is 10.2 Å². The van der Waals surface area contributed by atoms with Crippen LogP contribution >= 0.6 is 0 Å². The van der Waals surface area contributed by atoms with Gasteiger partial charge in [0.2, 0.25) is 0 Å². The summed E-state index contributed by atoms with van der Waals surface area (Å²) < 4.78 is 29.2. The van der Waals surface area contributed by atoms with E-state index in [2.05, 4.69) is 9.71 Å². The van der Waals surface area contributed by atoms with Crippen molar-refractivity contribution in [2.45, 2.75) is 44.6 Å². The number of rotatable bonds is 6. The van der Waals surface area contributed by atoms with Crippen LogP contribution in [0.3, 0.4) is 0 Å². The molecule has 2 rings (SSSR count). The third kappa shape index (κ3) is 5.56. The molecule has 0 amide bonds. The predicted molar refractivity (Wildman–Crippen MR) is 85.9 cm³/mol. The van der Waals surface area contributed by atoms with Gasteiger partial charge in [-0.25, -0.2) is 0 Å². The summed E-state index contributed by atoms with van der Waals surface area (Å²) in [6, 6.07) is 2.52. The Morgan fingerprint density at radius 1 is 1.26 bits per heavy atom. The molecule has 8 heteroatoms. The minimum absolute atomic E-state index is 0.321. The van der Waals surface area contributed by atoms with Crippen molar-refractivity contribution in [2.24, 2.45) is 0 Å². The van der Waals surface area contributed by atoms with Gasteiger partial charge in [0.1, 0.15) is 0 Å². The van der Waals surface area contributed by atoms with Gasteiger partial charge in [0.05, 0.1) is 12.5 Å². The number of carbonyl (C=O) groups is 1. The molecule has 128 valence electrons. The lowest BCUT2D eigenvalue weighted by atomic mass is 10.1. The number of pyridine rings is 1. The molecule has 0 unspecified atom stereocenters. The van der Waals surface area contributed by atoms with E-state index in [-0.39, 0.29) is 6.42 Å². The van der Waals surface area contributed by atoms with Crippen molar-refractivity contribution in [3.05, 3.63) is 30.1 Å². The van der Waals surface area contributed by atoms with Crippen molar-refractivity contribution < 1.29 is 18.3 Å². The fourth-order valence-corrected chi connectivity index (χ4v) is 4.16. The van der Waals surface area contributed by atoms with Crippen LogP contribution in [0.25, 0.3) is 0 Å². The predicted octanol–water partition coefficient (Wildman–Crippen LogP) is 1.70. The van der Waals surface area contributed by atoms with E-state index in [1.165, 1.54) is 10.5 Å². The van der Waals surface area contributed by atoms with Crippen molar-refractivity contribution in [1.29, 1.82) is 0 Å². The molecule has 0 radical (unpaired) electrons. The fraction of sp³-hybridized carbons (Fsp3) is 0.600. The third-order valence-corrected chi connectivity index (χ3v) is 5.54. The topological polar surface area (TPSA) is 99.6 Å². The quantitative estimate of drug-likeness (QED) is 0.820. The van der Waals surface area contributed by atoms with Gasteiger partial charge < -0.3 is 5.11 Å². The highest BCUT2D eigenvalue weighted by molar-refractivity contribution is 7.87. The molecule has 0 spiro atoms. The summed E-state index contributed by atoms with van der Waals surface area (Å²) in [5.41, 5.74) is 0.547. The Labute approximate surface area is 136 Å². The van der Waals surface area contributed by atoms with E-state index in [9.17, 15) is 13.2 Å². The van der Waals surface area contributed by atoms with Gasteiger partial charge in [0.15, 0.2) is 0 Å². The summed E-state index contributed by atoms with van der Waals surface area (Å²) in [5, 5.41) is 9.07. The van der Waals surface area contributed by atoms with Crippen LogP contribution in [0.4, 0.5) is 0 Å². The molecular weight excluding hydrogens is 318 g/mol. The molecule has 1 aliphatic rings. The maximum absolute atomic E-state index is 12.6. The maximum Gasteiger partial charge on any atom is 0.305 e. The van der Waals surface area contributed by atoms with E-state index >= 15 is 0 Å². The SMILES string of the molecule is O=C(O)C[C@@H](NS(=O)(=O)N1CCCCCCC1)c1cccnc1. The van der Waals surface area contributed by atoms with Gasteiger partial charge in [-0.1, -0.05) is 25.3 Å². The first-order valence-electron chi connectivity index (χ1n) is 7.88. The minimum atomic E-state index is -3.72. The second-order valence-corrected chi connectivity index (χ2v) is 7.43. The average molecular weight is 341 g/mol. The van der Waals surface area contributed by atoms with Crippen molar-refractivity contribution in [2.75, 3.05) is 13.1 Å². The Morgan fingerprint density at radius 3 is 2.48 bits per heavy atom. The number of nitrogens with zero attached hydrogens (tertiary/aromatic N) is 2. The van der Waals surface area contributed by atoms with Crippen LogP contribution in [0.1, 0.15) is 50.1 Å². The molecule has 1 atom stereocenters. The summed E-state index contributed by atoms with van der Waals surface area (Å²) in [6.45, 7) is 0.949. The van der Waals surface area contributed by atoms with E-state index in [1.54, 1.807) is 18.3 Å². The Balaban J connectivity index is 2.14. The van der Waals surface area contributed by atoms with Crippen LogP contribution in [0.2, 0.25) is 0 Å². The van der Waals surface area contributed by atoms with Crippen molar-refractivity contribution >= 4 is 16.2 Å². The smallest absolute Gasteiger partial charge is 0.305 e. The Bertz CT molecular complexity index is 598. The number of nitrogens with one attached hydrogen (secondary N) is 1. The second kappa shape index (κ2) is 8.37. The molecular formula is C15H23N3O4S. The fourth-order valence-electron chi connectivity index (χ4n) is 2.70. The number of carboxylic acid groups (broad SMARTS) is 1. The lowest BCUT2D eigenvalue weighted by Gasteiger charge is -2.27. The third-order valence-electron chi connectivity index (χ3n) is 3.91. The van der Waals surface area contributed by atoms with Crippen LogP contribution in [0.15, 0.2) is 24.5 Å². The summed E-state index contributed by atoms with van der Waals surface area (Å²) in [6.07, 6.45) is 7.57. The highest BCUT2D eigenvalue weighted by Crippen LogP contribution is 2.19. The molecule has 0 aliphatic carbocycles. The molecule has 7 nitrogen and oxygen atoms in total. The van der Waals surface area contributed by atoms with Crippen molar-refractivity contribution in [3.8, 4) is 0 Å². The molecule has 2 N–H and O–H groups in total. The Hall–Kier alpha value is -1.51. The number of aliphatic carboxylic acids is 1. The van der Waals surface area contributed by atoms with Crippen molar-refractivity contribution in [3.63, 3.8) is 0 Å². The van der Waals surface area contributed by atoms with E-state index in [0.29, 0.717) is 18.7 Å². The number of aromatic nitrogens is 1. The first-order chi connectivity index (χ1) is 11.0. The van der Waals surface area contributed by atoms with Crippen LogP contribution in [0, 0.1) is 0 Å². The highest BCUT2D eigenvalue weighted by Gasteiger charge is 2.27. The van der Waals surface area contributed by atoms with E-state index in [1.807, 2.05) is 0 Å². The monoisotopic (exact) mass is 341 g/mol. The summed E-state index contributed by atoms with van der Waals surface area (Å²) in [7, 11) is -3.72. The Morgan fingerprint density at radius 2 is 1.91 bits per heavy atom. The number of carboxylic acids is 1. The Kier molecular flexibility index (Phi) is 6.49. The van der Waals surface area contributed by atoms with Gasteiger partial charge in [-0.2, -0.15) is 17.4 Å². The lowest BCUT2D eigenvalue weighted by molar-refractivity contribution is -0.137. The lowest BCUT2D eigenvalue weighted by Crippen LogP contribution is -2.44. The molecule has 1 saturated heterocycles. The van der Waals surface area contributed by atoms with Gasteiger partial charge in [-0.15, -0.1) is 0 Å². The maximum atomic E-state index is 12.6. The first-order valence-corrected chi connectivity index (χ1v) is 9.32. The molecule has 23 heavy (non-hydrogen) atoms. The first kappa shape index (κ1) is 17.8. The molecule has 1 aliphatic heterocycles. The van der Waals surface area contributed by atoms with Gasteiger partial charge >= 0.3 is 5.97 Å². The van der Waals surface area contributed by atoms with Crippen LogP contribution in [-0.2, 0) is 15.0 Å². The van der Waals surface area contributed by atoms with Gasteiger partial charge in [0, 0.05) is 25.5 Å².